The van der Waals surface area contributed by atoms with Crippen LogP contribution in [0.2, 0.25) is 0 Å². The third-order valence-electron chi connectivity index (χ3n) is 12.6. The van der Waals surface area contributed by atoms with Crippen molar-refractivity contribution >= 4 is 5.91 Å². The Kier molecular flexibility index (Phi) is 38.0. The highest BCUT2D eigenvalue weighted by Gasteiger charge is 2.44. The van der Waals surface area contributed by atoms with Gasteiger partial charge in [0, 0.05) is 0 Å². The van der Waals surface area contributed by atoms with E-state index in [2.05, 4.69) is 19.2 Å². The molecule has 0 spiro atoms. The molecule has 10 nitrogen and oxygen atoms in total. The van der Waals surface area contributed by atoms with Crippen LogP contribution in [-0.2, 0) is 14.3 Å². The molecule has 352 valence electrons. The molecule has 8 unspecified atom stereocenters. The maximum Gasteiger partial charge on any atom is 0.249 e. The monoisotopic (exact) mass is 844 g/mol. The number of ether oxygens (including phenoxy) is 2. The summed E-state index contributed by atoms with van der Waals surface area (Å²) in [6.45, 7) is 3.70. The predicted octanol–water partition coefficient (Wildman–Crippen LogP) is 10.1. The lowest BCUT2D eigenvalue weighted by Gasteiger charge is -2.40. The van der Waals surface area contributed by atoms with E-state index >= 15 is 0 Å². The number of aliphatic hydroxyl groups excluding tert-OH is 6. The third-order valence-corrected chi connectivity index (χ3v) is 12.6. The van der Waals surface area contributed by atoms with Crippen molar-refractivity contribution in [1.29, 1.82) is 0 Å². The number of hydrogen-bond acceptors (Lipinski definition) is 9. The van der Waals surface area contributed by atoms with Gasteiger partial charge in [0.05, 0.1) is 25.4 Å². The molecule has 1 saturated heterocycles. The Morgan fingerprint density at radius 1 is 0.508 bits per heavy atom. The highest BCUT2D eigenvalue weighted by Crippen LogP contribution is 2.23. The molecule has 10 heteroatoms. The van der Waals surface area contributed by atoms with Gasteiger partial charge in [-0.3, -0.25) is 4.79 Å². The molecule has 0 aliphatic carbocycles. The third kappa shape index (κ3) is 30.0. The van der Waals surface area contributed by atoms with Crippen molar-refractivity contribution < 1.29 is 44.9 Å². The molecule has 1 heterocycles. The molecule has 1 rings (SSSR count). The molecular weight excluding hydrogens is 747 g/mol. The fraction of sp³-hybridized carbons (Fsp3) is 0.980. The predicted molar refractivity (Wildman–Crippen MR) is 241 cm³/mol. The molecule has 7 N–H and O–H groups in total. The van der Waals surface area contributed by atoms with Gasteiger partial charge in [-0.2, -0.15) is 0 Å². The lowest BCUT2D eigenvalue weighted by molar-refractivity contribution is -0.302. The molecule has 0 radical (unpaired) electrons. The number of nitrogens with one attached hydrogen (secondary N) is 1. The zero-order valence-corrected chi connectivity index (χ0v) is 38.4. The Morgan fingerprint density at radius 2 is 0.847 bits per heavy atom. The van der Waals surface area contributed by atoms with Crippen LogP contribution in [0.25, 0.3) is 0 Å². The van der Waals surface area contributed by atoms with Gasteiger partial charge in [-0.25, -0.2) is 0 Å². The van der Waals surface area contributed by atoms with Crippen LogP contribution < -0.4 is 5.32 Å². The fourth-order valence-corrected chi connectivity index (χ4v) is 8.40. The van der Waals surface area contributed by atoms with E-state index in [9.17, 15) is 35.4 Å². The fourth-order valence-electron chi connectivity index (χ4n) is 8.40. The van der Waals surface area contributed by atoms with E-state index in [0.29, 0.717) is 12.8 Å². The summed E-state index contributed by atoms with van der Waals surface area (Å²) in [5, 5.41) is 65.0. The van der Waals surface area contributed by atoms with Crippen LogP contribution >= 0.6 is 0 Å². The molecule has 0 aromatic rings. The Morgan fingerprint density at radius 3 is 1.20 bits per heavy atom. The van der Waals surface area contributed by atoms with E-state index in [0.717, 1.165) is 38.5 Å². The van der Waals surface area contributed by atoms with Crippen molar-refractivity contribution in [3.63, 3.8) is 0 Å². The second kappa shape index (κ2) is 40.0. The Labute approximate surface area is 362 Å². The summed E-state index contributed by atoms with van der Waals surface area (Å²) in [6.07, 6.45) is 34.3. The first-order chi connectivity index (χ1) is 28.8. The van der Waals surface area contributed by atoms with Crippen LogP contribution in [0.4, 0.5) is 0 Å². The first-order valence-electron chi connectivity index (χ1n) is 25.3. The molecule has 0 saturated carbocycles. The van der Waals surface area contributed by atoms with Crippen LogP contribution in [0.5, 0.6) is 0 Å². The topological polar surface area (TPSA) is 169 Å². The Balaban J connectivity index is 2.32. The minimum absolute atomic E-state index is 0.250. The highest BCUT2D eigenvalue weighted by atomic mass is 16.7. The van der Waals surface area contributed by atoms with E-state index in [4.69, 9.17) is 9.47 Å². The van der Waals surface area contributed by atoms with Crippen molar-refractivity contribution in [2.24, 2.45) is 0 Å². The molecule has 1 amide bonds. The van der Waals surface area contributed by atoms with Crippen LogP contribution in [0, 0.1) is 0 Å². The number of amides is 1. The lowest BCUT2D eigenvalue weighted by atomic mass is 9.99. The van der Waals surface area contributed by atoms with Crippen molar-refractivity contribution in [2.45, 2.75) is 294 Å². The Hall–Kier alpha value is -0.850. The summed E-state index contributed by atoms with van der Waals surface area (Å²) in [7, 11) is 0. The minimum atomic E-state index is -1.59. The SMILES string of the molecule is CCCCCCCCCCCCCCCCCCCCC(O)C(=O)NC(COC1OC(CO)C(O)C(O)C1O)C(O)CCCCCCCCCCCCCCCCCC. The van der Waals surface area contributed by atoms with Gasteiger partial charge >= 0.3 is 0 Å². The second-order valence-corrected chi connectivity index (χ2v) is 18.1. The van der Waals surface area contributed by atoms with Gasteiger partial charge < -0.3 is 45.4 Å². The van der Waals surface area contributed by atoms with Crippen LogP contribution in [0.15, 0.2) is 0 Å². The van der Waals surface area contributed by atoms with Crippen molar-refractivity contribution in [1.82, 2.24) is 5.32 Å². The number of hydrogen-bond donors (Lipinski definition) is 7. The maximum atomic E-state index is 13.1. The maximum absolute atomic E-state index is 13.1. The molecule has 59 heavy (non-hydrogen) atoms. The highest BCUT2D eigenvalue weighted by molar-refractivity contribution is 5.80. The number of unbranched alkanes of at least 4 members (excludes halogenated alkanes) is 32. The van der Waals surface area contributed by atoms with Crippen molar-refractivity contribution in [3.05, 3.63) is 0 Å². The summed E-state index contributed by atoms with van der Waals surface area (Å²) in [6, 6.07) is -0.888. The summed E-state index contributed by atoms with van der Waals surface area (Å²) in [5.74, 6) is -0.578. The van der Waals surface area contributed by atoms with E-state index in [1.165, 1.54) is 180 Å². The van der Waals surface area contributed by atoms with Gasteiger partial charge in [-0.05, 0) is 12.8 Å². The average molecular weight is 844 g/mol. The molecule has 0 aromatic carbocycles. The summed E-state index contributed by atoms with van der Waals surface area (Å²) < 4.78 is 11.2. The normalized spacial score (nSPS) is 21.1. The average Bonchev–Trinajstić information content (AvgIpc) is 3.23. The van der Waals surface area contributed by atoms with Gasteiger partial charge in [0.2, 0.25) is 5.91 Å². The van der Waals surface area contributed by atoms with Gasteiger partial charge in [-0.15, -0.1) is 0 Å². The Bertz CT molecular complexity index is 911. The summed E-state index contributed by atoms with van der Waals surface area (Å²) in [4.78, 5) is 13.1. The molecule has 1 aliphatic heterocycles. The first kappa shape index (κ1) is 56.2. The van der Waals surface area contributed by atoms with E-state index in [1.807, 2.05) is 0 Å². The van der Waals surface area contributed by atoms with Gasteiger partial charge in [-0.1, -0.05) is 232 Å². The van der Waals surface area contributed by atoms with Crippen molar-refractivity contribution in [3.8, 4) is 0 Å². The minimum Gasteiger partial charge on any atom is -0.394 e. The number of carbonyl (C=O) groups is 1. The quantitative estimate of drug-likeness (QED) is 0.0296. The molecule has 0 bridgehead atoms. The molecule has 8 atom stereocenters. The summed E-state index contributed by atoms with van der Waals surface area (Å²) >= 11 is 0. The molecule has 0 aromatic heterocycles. The molecular formula is C49H97NO9. The number of carbonyl (C=O) groups excluding carboxylic acids is 1. The molecule has 1 fully saturated rings. The lowest BCUT2D eigenvalue weighted by Crippen LogP contribution is -2.60. The zero-order chi connectivity index (χ0) is 43.2. The largest absolute Gasteiger partial charge is 0.394 e. The van der Waals surface area contributed by atoms with E-state index < -0.39 is 61.5 Å². The number of aliphatic hydroxyl groups is 6. The summed E-state index contributed by atoms with van der Waals surface area (Å²) in [5.41, 5.74) is 0. The van der Waals surface area contributed by atoms with Gasteiger partial charge in [0.1, 0.15) is 30.5 Å². The standard InChI is InChI=1S/C49H97NO9/c1-3-5-7-9-11-13-15-17-19-21-22-24-26-28-30-32-34-36-38-43(53)48(57)50-41(40-58-49-47(56)46(55)45(54)44(39-51)59-49)42(52)37-35-33-31-29-27-25-23-20-18-16-14-12-10-8-6-4-2/h41-47,49,51-56H,3-40H2,1-2H3,(H,50,57). The first-order valence-corrected chi connectivity index (χ1v) is 25.3. The van der Waals surface area contributed by atoms with Crippen LogP contribution in [0.1, 0.15) is 245 Å². The second-order valence-electron chi connectivity index (χ2n) is 18.1. The smallest absolute Gasteiger partial charge is 0.249 e. The van der Waals surface area contributed by atoms with Crippen molar-refractivity contribution in [2.75, 3.05) is 13.2 Å². The molecule has 1 aliphatic rings. The van der Waals surface area contributed by atoms with E-state index in [-0.39, 0.29) is 6.61 Å². The van der Waals surface area contributed by atoms with E-state index in [1.54, 1.807) is 0 Å². The van der Waals surface area contributed by atoms with Gasteiger partial charge in [0.25, 0.3) is 0 Å². The van der Waals surface area contributed by atoms with Gasteiger partial charge in [0.15, 0.2) is 6.29 Å². The van der Waals surface area contributed by atoms with Crippen LogP contribution in [0.3, 0.4) is 0 Å². The zero-order valence-electron chi connectivity index (χ0n) is 38.4. The number of rotatable bonds is 43. The van der Waals surface area contributed by atoms with Crippen LogP contribution in [-0.4, -0.2) is 98.7 Å².